The topological polar surface area (TPSA) is 21.6 Å². The summed E-state index contributed by atoms with van der Waals surface area (Å²) in [6, 6.07) is 19.1. The third-order valence-corrected chi connectivity index (χ3v) is 4.93. The predicted molar refractivity (Wildman–Crippen MR) is 105 cm³/mol. The van der Waals surface area contributed by atoms with Crippen LogP contribution in [0.4, 0.5) is 5.69 Å². The van der Waals surface area contributed by atoms with Crippen molar-refractivity contribution in [3.8, 4) is 5.75 Å². The first kappa shape index (κ1) is 15.9. The molecule has 25 heavy (non-hydrogen) atoms. The van der Waals surface area contributed by atoms with Crippen LogP contribution in [-0.2, 0) is 12.8 Å². The number of hydrogen-bond donors (Lipinski definition) is 0. The Labute approximate surface area is 149 Å². The van der Waals surface area contributed by atoms with Crippen molar-refractivity contribution < 1.29 is 4.74 Å². The zero-order valence-corrected chi connectivity index (χ0v) is 14.7. The normalized spacial score (nSPS) is 14.0. The number of aryl methyl sites for hydroxylation is 1. The van der Waals surface area contributed by atoms with Crippen LogP contribution in [0, 0.1) is 0 Å². The van der Waals surface area contributed by atoms with Gasteiger partial charge in [-0.3, -0.25) is 4.99 Å². The molecule has 0 saturated carbocycles. The third kappa shape index (κ3) is 3.17. The van der Waals surface area contributed by atoms with E-state index in [1.54, 1.807) is 0 Å². The largest absolute Gasteiger partial charge is 0.493 e. The van der Waals surface area contributed by atoms with Crippen molar-refractivity contribution >= 4 is 22.7 Å². The maximum atomic E-state index is 5.85. The van der Waals surface area contributed by atoms with Crippen LogP contribution in [0.1, 0.15) is 36.5 Å². The lowest BCUT2D eigenvalue weighted by molar-refractivity contribution is 0.340. The van der Waals surface area contributed by atoms with Gasteiger partial charge in [-0.1, -0.05) is 42.5 Å². The molecule has 0 unspecified atom stereocenters. The van der Waals surface area contributed by atoms with Crippen molar-refractivity contribution in [3.05, 3.63) is 71.3 Å². The van der Waals surface area contributed by atoms with E-state index in [-0.39, 0.29) is 0 Å². The number of aliphatic imine (C=N–C) groups is 1. The zero-order valence-electron chi connectivity index (χ0n) is 14.7. The van der Waals surface area contributed by atoms with Gasteiger partial charge in [-0.2, -0.15) is 0 Å². The summed E-state index contributed by atoms with van der Waals surface area (Å²) >= 11 is 0. The highest BCUT2D eigenvalue weighted by Gasteiger charge is 2.12. The van der Waals surface area contributed by atoms with Crippen LogP contribution in [0.25, 0.3) is 10.8 Å². The first-order chi connectivity index (χ1) is 12.4. The maximum Gasteiger partial charge on any atom is 0.128 e. The summed E-state index contributed by atoms with van der Waals surface area (Å²) in [5.41, 5.74) is 5.05. The van der Waals surface area contributed by atoms with Gasteiger partial charge < -0.3 is 4.74 Å². The molecule has 0 bridgehead atoms. The lowest BCUT2D eigenvalue weighted by Crippen LogP contribution is -2.02. The van der Waals surface area contributed by atoms with E-state index in [2.05, 4.69) is 48.5 Å². The molecule has 0 atom stereocenters. The number of rotatable bonds is 4. The summed E-state index contributed by atoms with van der Waals surface area (Å²) < 4.78 is 5.85. The summed E-state index contributed by atoms with van der Waals surface area (Å²) in [5, 5.41) is 2.39. The van der Waals surface area contributed by atoms with Crippen LogP contribution < -0.4 is 4.74 Å². The minimum Gasteiger partial charge on any atom is -0.493 e. The zero-order chi connectivity index (χ0) is 17.1. The summed E-state index contributed by atoms with van der Waals surface area (Å²) in [7, 11) is 0. The van der Waals surface area contributed by atoms with E-state index < -0.39 is 0 Å². The predicted octanol–water partition coefficient (Wildman–Crippen LogP) is 5.87. The maximum absolute atomic E-state index is 5.85. The van der Waals surface area contributed by atoms with Crippen molar-refractivity contribution in [2.75, 3.05) is 6.61 Å². The first-order valence-corrected chi connectivity index (χ1v) is 9.16. The Balaban J connectivity index is 1.80. The second-order valence-electron chi connectivity index (χ2n) is 6.51. The molecule has 3 aromatic rings. The van der Waals surface area contributed by atoms with Crippen LogP contribution in [0.2, 0.25) is 0 Å². The van der Waals surface area contributed by atoms with E-state index in [4.69, 9.17) is 9.73 Å². The van der Waals surface area contributed by atoms with Gasteiger partial charge in [0, 0.05) is 11.8 Å². The molecule has 2 heteroatoms. The second-order valence-corrected chi connectivity index (χ2v) is 6.51. The fraction of sp³-hybridized carbons (Fsp3) is 0.261. The third-order valence-electron chi connectivity index (χ3n) is 4.93. The highest BCUT2D eigenvalue weighted by atomic mass is 16.5. The van der Waals surface area contributed by atoms with E-state index in [0.717, 1.165) is 23.4 Å². The van der Waals surface area contributed by atoms with Gasteiger partial charge in [0.25, 0.3) is 0 Å². The van der Waals surface area contributed by atoms with Crippen LogP contribution >= 0.6 is 0 Å². The Morgan fingerprint density at radius 1 is 0.960 bits per heavy atom. The number of hydrogen-bond acceptors (Lipinski definition) is 2. The van der Waals surface area contributed by atoms with E-state index in [9.17, 15) is 0 Å². The monoisotopic (exact) mass is 329 g/mol. The fourth-order valence-electron chi connectivity index (χ4n) is 3.71. The van der Waals surface area contributed by atoms with Crippen LogP contribution in [-0.4, -0.2) is 12.8 Å². The number of fused-ring (bicyclic) bond motifs is 2. The molecule has 3 aromatic carbocycles. The average molecular weight is 329 g/mol. The molecular formula is C23H23NO. The van der Waals surface area contributed by atoms with Crippen molar-refractivity contribution in [3.63, 3.8) is 0 Å². The van der Waals surface area contributed by atoms with Crippen molar-refractivity contribution in [2.45, 2.75) is 32.6 Å². The highest BCUT2D eigenvalue weighted by Crippen LogP contribution is 2.31. The van der Waals surface area contributed by atoms with Gasteiger partial charge in [0.05, 0.1) is 12.3 Å². The SMILES string of the molecule is CCOc1ccc2ccccc2c1C=Nc1cccc2c1CCCC2. The van der Waals surface area contributed by atoms with Gasteiger partial charge in [0.15, 0.2) is 0 Å². The van der Waals surface area contributed by atoms with Gasteiger partial charge in [-0.25, -0.2) is 0 Å². The Bertz CT molecular complexity index is 927. The molecule has 126 valence electrons. The molecule has 0 N–H and O–H groups in total. The van der Waals surface area contributed by atoms with E-state index >= 15 is 0 Å². The molecule has 0 saturated heterocycles. The van der Waals surface area contributed by atoms with Crippen molar-refractivity contribution in [1.82, 2.24) is 0 Å². The number of benzene rings is 3. The van der Waals surface area contributed by atoms with Gasteiger partial charge in [-0.05, 0) is 66.6 Å². The number of nitrogens with zero attached hydrogens (tertiary/aromatic N) is 1. The second kappa shape index (κ2) is 7.10. The van der Waals surface area contributed by atoms with Gasteiger partial charge >= 0.3 is 0 Å². The fourth-order valence-corrected chi connectivity index (χ4v) is 3.71. The van der Waals surface area contributed by atoms with Gasteiger partial charge in [0.2, 0.25) is 0 Å². The molecule has 0 spiro atoms. The summed E-state index contributed by atoms with van der Waals surface area (Å²) in [6.07, 6.45) is 6.85. The lowest BCUT2D eigenvalue weighted by Gasteiger charge is -2.17. The standard InChI is InChI=1S/C23H23NO/c1-2-25-23-15-14-18-9-3-5-11-19(18)21(23)16-24-22-13-7-10-17-8-4-6-12-20(17)22/h3,5,7,9-11,13-16H,2,4,6,8,12H2,1H3. The molecular weight excluding hydrogens is 306 g/mol. The van der Waals surface area contributed by atoms with Crippen LogP contribution in [0.3, 0.4) is 0 Å². The quantitative estimate of drug-likeness (QED) is 0.549. The Morgan fingerprint density at radius 3 is 2.76 bits per heavy atom. The molecule has 1 aliphatic rings. The molecule has 0 amide bonds. The molecule has 0 heterocycles. The molecule has 2 nitrogen and oxygen atoms in total. The summed E-state index contributed by atoms with van der Waals surface area (Å²) in [6.45, 7) is 2.67. The Kier molecular flexibility index (Phi) is 4.51. The highest BCUT2D eigenvalue weighted by molar-refractivity contribution is 6.03. The summed E-state index contributed by atoms with van der Waals surface area (Å²) in [5.74, 6) is 0.898. The minimum atomic E-state index is 0.653. The van der Waals surface area contributed by atoms with Crippen molar-refractivity contribution in [1.29, 1.82) is 0 Å². The molecule has 0 aliphatic heterocycles. The molecule has 0 fully saturated rings. The molecule has 0 radical (unpaired) electrons. The van der Waals surface area contributed by atoms with Gasteiger partial charge in [-0.15, -0.1) is 0 Å². The van der Waals surface area contributed by atoms with Crippen LogP contribution in [0.15, 0.2) is 59.6 Å². The first-order valence-electron chi connectivity index (χ1n) is 9.16. The molecule has 0 aromatic heterocycles. The van der Waals surface area contributed by atoms with E-state index in [1.165, 1.54) is 41.2 Å². The van der Waals surface area contributed by atoms with Crippen LogP contribution in [0.5, 0.6) is 5.75 Å². The van der Waals surface area contributed by atoms with Crippen molar-refractivity contribution in [2.24, 2.45) is 4.99 Å². The average Bonchev–Trinajstić information content (AvgIpc) is 2.67. The van der Waals surface area contributed by atoms with E-state index in [1.807, 2.05) is 19.2 Å². The minimum absolute atomic E-state index is 0.653. The number of ether oxygens (including phenoxy) is 1. The molecule has 4 rings (SSSR count). The Morgan fingerprint density at radius 2 is 1.84 bits per heavy atom. The summed E-state index contributed by atoms with van der Waals surface area (Å²) in [4.78, 5) is 4.88. The Hall–Kier alpha value is -2.61. The van der Waals surface area contributed by atoms with Gasteiger partial charge in [0.1, 0.15) is 5.75 Å². The lowest BCUT2D eigenvalue weighted by atomic mass is 9.90. The van der Waals surface area contributed by atoms with E-state index in [0.29, 0.717) is 6.61 Å². The smallest absolute Gasteiger partial charge is 0.128 e. The molecule has 1 aliphatic carbocycles.